The van der Waals surface area contributed by atoms with Gasteiger partial charge in [0.25, 0.3) is 0 Å². The minimum atomic E-state index is -0.0454. The molecule has 1 saturated carbocycles. The zero-order chi connectivity index (χ0) is 15.2. The maximum absolute atomic E-state index is 6.08. The molecular weight excluding hydrogens is 373 g/mol. The highest BCUT2D eigenvalue weighted by molar-refractivity contribution is 14.1. The predicted molar refractivity (Wildman–Crippen MR) is 95.3 cm³/mol. The number of aromatic nitrogens is 2. The van der Waals surface area contributed by atoms with Crippen LogP contribution < -0.4 is 5.73 Å². The molecule has 0 amide bonds. The molecule has 21 heavy (non-hydrogen) atoms. The number of hydrogen-bond acceptors (Lipinski definition) is 3. The summed E-state index contributed by atoms with van der Waals surface area (Å²) in [5, 5.41) is 0. The summed E-state index contributed by atoms with van der Waals surface area (Å²) in [5.41, 5.74) is 9.51. The van der Waals surface area contributed by atoms with E-state index in [9.17, 15) is 0 Å². The molecule has 0 bridgehead atoms. The number of nitrogens with zero attached hydrogens (tertiary/aromatic N) is 2. The van der Waals surface area contributed by atoms with E-state index in [2.05, 4.69) is 72.6 Å². The summed E-state index contributed by atoms with van der Waals surface area (Å²) in [6, 6.07) is 8.62. The summed E-state index contributed by atoms with van der Waals surface area (Å²) in [5.74, 6) is 2.06. The highest BCUT2D eigenvalue weighted by Gasteiger charge is 2.24. The van der Waals surface area contributed by atoms with Gasteiger partial charge in [0.15, 0.2) is 5.82 Å². The quantitative estimate of drug-likeness (QED) is 0.765. The monoisotopic (exact) mass is 393 g/mol. The van der Waals surface area contributed by atoms with E-state index in [1.165, 1.54) is 18.4 Å². The van der Waals surface area contributed by atoms with Gasteiger partial charge in [0.1, 0.15) is 5.82 Å². The first-order chi connectivity index (χ1) is 9.86. The van der Waals surface area contributed by atoms with Crippen LogP contribution in [0.25, 0.3) is 11.4 Å². The molecular formula is C17H20IN3. The molecule has 0 radical (unpaired) electrons. The first kappa shape index (κ1) is 14.8. The Morgan fingerprint density at radius 2 is 1.71 bits per heavy atom. The Morgan fingerprint density at radius 3 is 2.24 bits per heavy atom. The van der Waals surface area contributed by atoms with Crippen LogP contribution in [0, 0.1) is 3.57 Å². The molecule has 0 aliphatic heterocycles. The standard InChI is InChI=1S/C17H20IN3/c1-17(2,3)14-13(18)15(19)21-16(20-14)12-8-6-11(7-9-12)10-4-5-10/h6-10H,4-5H2,1-3H3,(H2,19,20,21). The topological polar surface area (TPSA) is 51.8 Å². The molecule has 0 unspecified atom stereocenters. The summed E-state index contributed by atoms with van der Waals surface area (Å²) >= 11 is 2.24. The van der Waals surface area contributed by atoms with E-state index in [0.29, 0.717) is 5.82 Å². The van der Waals surface area contributed by atoms with E-state index < -0.39 is 0 Å². The summed E-state index contributed by atoms with van der Waals surface area (Å²) in [6.07, 6.45) is 2.64. The van der Waals surface area contributed by atoms with Gasteiger partial charge >= 0.3 is 0 Å². The lowest BCUT2D eigenvalue weighted by Gasteiger charge is -2.21. The lowest BCUT2D eigenvalue weighted by Crippen LogP contribution is -2.18. The van der Waals surface area contributed by atoms with Crippen molar-refractivity contribution in [1.29, 1.82) is 0 Å². The van der Waals surface area contributed by atoms with Gasteiger partial charge in [0, 0.05) is 11.0 Å². The minimum absolute atomic E-state index is 0.0454. The molecule has 1 aliphatic rings. The molecule has 2 aromatic rings. The van der Waals surface area contributed by atoms with Gasteiger partial charge in [-0.3, -0.25) is 0 Å². The zero-order valence-corrected chi connectivity index (χ0v) is 14.8. The SMILES string of the molecule is CC(C)(C)c1nc(-c2ccc(C3CC3)cc2)nc(N)c1I. The number of benzene rings is 1. The number of hydrogen-bond donors (Lipinski definition) is 1. The Labute approximate surface area is 139 Å². The fourth-order valence-corrected chi connectivity index (χ4v) is 3.46. The number of anilines is 1. The maximum Gasteiger partial charge on any atom is 0.161 e. The fourth-order valence-electron chi connectivity index (χ4n) is 2.41. The van der Waals surface area contributed by atoms with E-state index in [-0.39, 0.29) is 5.41 Å². The van der Waals surface area contributed by atoms with Crippen molar-refractivity contribution >= 4 is 28.4 Å². The highest BCUT2D eigenvalue weighted by atomic mass is 127. The van der Waals surface area contributed by atoms with Gasteiger partial charge in [-0.15, -0.1) is 0 Å². The summed E-state index contributed by atoms with van der Waals surface area (Å²) in [6.45, 7) is 6.45. The molecule has 0 saturated heterocycles. The van der Waals surface area contributed by atoms with Crippen LogP contribution in [0.5, 0.6) is 0 Å². The average Bonchev–Trinajstić information content (AvgIpc) is 3.25. The Hall–Kier alpha value is -1.17. The molecule has 1 aliphatic carbocycles. The highest BCUT2D eigenvalue weighted by Crippen LogP contribution is 2.40. The number of nitrogens with two attached hydrogens (primary N) is 1. The second-order valence-electron chi connectivity index (χ2n) is 6.74. The molecule has 0 spiro atoms. The molecule has 3 nitrogen and oxygen atoms in total. The summed E-state index contributed by atoms with van der Waals surface area (Å²) < 4.78 is 0.957. The van der Waals surface area contributed by atoms with Crippen molar-refractivity contribution in [1.82, 2.24) is 9.97 Å². The Balaban J connectivity index is 2.03. The van der Waals surface area contributed by atoms with Crippen molar-refractivity contribution in [3.8, 4) is 11.4 Å². The lowest BCUT2D eigenvalue weighted by atomic mass is 9.91. The maximum atomic E-state index is 6.08. The molecule has 1 fully saturated rings. The van der Waals surface area contributed by atoms with Crippen molar-refractivity contribution in [2.24, 2.45) is 0 Å². The normalized spacial score (nSPS) is 15.2. The summed E-state index contributed by atoms with van der Waals surface area (Å²) in [7, 11) is 0. The second-order valence-corrected chi connectivity index (χ2v) is 7.82. The van der Waals surface area contributed by atoms with Gasteiger partial charge < -0.3 is 5.73 Å². The molecule has 1 aromatic carbocycles. The van der Waals surface area contributed by atoms with Crippen molar-refractivity contribution in [2.75, 3.05) is 5.73 Å². The summed E-state index contributed by atoms with van der Waals surface area (Å²) in [4.78, 5) is 9.23. The predicted octanol–water partition coefficient (Wildman–Crippen LogP) is 4.51. The van der Waals surface area contributed by atoms with Gasteiger partial charge in [-0.25, -0.2) is 9.97 Å². The molecule has 110 valence electrons. The van der Waals surface area contributed by atoms with E-state index in [1.807, 2.05) is 0 Å². The fraction of sp³-hybridized carbons (Fsp3) is 0.412. The zero-order valence-electron chi connectivity index (χ0n) is 12.7. The third kappa shape index (κ3) is 3.05. The van der Waals surface area contributed by atoms with Crippen LogP contribution in [-0.2, 0) is 5.41 Å². The van der Waals surface area contributed by atoms with Crippen LogP contribution >= 0.6 is 22.6 Å². The molecule has 3 rings (SSSR count). The van der Waals surface area contributed by atoms with Gasteiger partial charge in [-0.2, -0.15) is 0 Å². The second kappa shape index (κ2) is 5.23. The molecule has 0 atom stereocenters. The molecule has 4 heteroatoms. The van der Waals surface area contributed by atoms with E-state index >= 15 is 0 Å². The molecule has 2 N–H and O–H groups in total. The molecule has 1 heterocycles. The van der Waals surface area contributed by atoms with E-state index in [1.54, 1.807) is 0 Å². The number of rotatable bonds is 2. The van der Waals surface area contributed by atoms with Crippen LogP contribution in [0.3, 0.4) is 0 Å². The van der Waals surface area contributed by atoms with Crippen molar-refractivity contribution in [3.63, 3.8) is 0 Å². The van der Waals surface area contributed by atoms with E-state index in [4.69, 9.17) is 10.7 Å². The van der Waals surface area contributed by atoms with Crippen molar-refractivity contribution in [3.05, 3.63) is 39.1 Å². The van der Waals surface area contributed by atoms with Crippen LogP contribution in [0.1, 0.15) is 50.8 Å². The van der Waals surface area contributed by atoms with Crippen LogP contribution in [-0.4, -0.2) is 9.97 Å². The Kier molecular flexibility index (Phi) is 3.67. The average molecular weight is 393 g/mol. The lowest BCUT2D eigenvalue weighted by molar-refractivity contribution is 0.564. The largest absolute Gasteiger partial charge is 0.383 e. The number of halogens is 1. The Morgan fingerprint density at radius 1 is 1.10 bits per heavy atom. The van der Waals surface area contributed by atoms with Gasteiger partial charge in [-0.1, -0.05) is 45.0 Å². The molecule has 1 aromatic heterocycles. The third-order valence-corrected chi connectivity index (χ3v) is 4.87. The smallest absolute Gasteiger partial charge is 0.161 e. The first-order valence-electron chi connectivity index (χ1n) is 7.30. The van der Waals surface area contributed by atoms with Crippen molar-refractivity contribution < 1.29 is 0 Å². The van der Waals surface area contributed by atoms with Crippen LogP contribution in [0.4, 0.5) is 5.82 Å². The van der Waals surface area contributed by atoms with Crippen LogP contribution in [0.2, 0.25) is 0 Å². The van der Waals surface area contributed by atoms with Gasteiger partial charge in [0.05, 0.1) is 9.26 Å². The number of nitrogen functional groups attached to an aromatic ring is 1. The third-order valence-electron chi connectivity index (χ3n) is 3.80. The first-order valence-corrected chi connectivity index (χ1v) is 8.38. The van der Waals surface area contributed by atoms with Gasteiger partial charge in [0.2, 0.25) is 0 Å². The van der Waals surface area contributed by atoms with E-state index in [0.717, 1.165) is 26.6 Å². The van der Waals surface area contributed by atoms with Gasteiger partial charge in [-0.05, 0) is 46.9 Å². The van der Waals surface area contributed by atoms with Crippen molar-refractivity contribution in [2.45, 2.75) is 44.9 Å². The van der Waals surface area contributed by atoms with Crippen LogP contribution in [0.15, 0.2) is 24.3 Å². The minimum Gasteiger partial charge on any atom is -0.383 e. The Bertz CT molecular complexity index is 668.